The van der Waals surface area contributed by atoms with Crippen LogP contribution in [0.25, 0.3) is 0 Å². The Hall–Kier alpha value is -0.920. The maximum atomic E-state index is 12.6. The number of piperazine rings is 1. The summed E-state index contributed by atoms with van der Waals surface area (Å²) in [5.41, 5.74) is 0. The second-order valence-electron chi connectivity index (χ2n) is 6.00. The van der Waals surface area contributed by atoms with E-state index in [0.717, 1.165) is 10.9 Å². The van der Waals surface area contributed by atoms with E-state index in [-0.39, 0.29) is 11.8 Å². The van der Waals surface area contributed by atoms with Crippen molar-refractivity contribution in [1.29, 1.82) is 0 Å². The molecular weight excluding hydrogens is 368 g/mol. The Morgan fingerprint density at radius 1 is 1.14 bits per heavy atom. The second-order valence-corrected chi connectivity index (χ2v) is 8.86. The molecule has 0 unspecified atom stereocenters. The Labute approximate surface area is 139 Å². The number of rotatable bonds is 3. The lowest BCUT2D eigenvalue weighted by atomic mass is 10.2. The van der Waals surface area contributed by atoms with E-state index in [2.05, 4.69) is 22.9 Å². The Balaban J connectivity index is 1.65. The second kappa shape index (κ2) is 5.94. The van der Waals surface area contributed by atoms with Crippen molar-refractivity contribution in [3.63, 3.8) is 0 Å². The topological polar surface area (TPSA) is 57.7 Å². The third kappa shape index (κ3) is 3.07. The minimum Gasteiger partial charge on any atom is -0.340 e. The molecule has 3 rings (SSSR count). The van der Waals surface area contributed by atoms with Gasteiger partial charge in [0, 0.05) is 36.6 Å². The summed E-state index contributed by atoms with van der Waals surface area (Å²) in [7, 11) is -3.47. The van der Waals surface area contributed by atoms with Crippen LogP contribution >= 0.6 is 15.9 Å². The summed E-state index contributed by atoms with van der Waals surface area (Å²) < 4.78 is 27.5. The highest BCUT2D eigenvalue weighted by atomic mass is 79.9. The third-order valence-electron chi connectivity index (χ3n) is 4.43. The molecule has 2 fully saturated rings. The van der Waals surface area contributed by atoms with Crippen molar-refractivity contribution in [3.8, 4) is 0 Å². The van der Waals surface area contributed by atoms with Gasteiger partial charge < -0.3 is 4.90 Å². The average molecular weight is 387 g/mol. The quantitative estimate of drug-likeness (QED) is 0.797. The first-order valence-corrected chi connectivity index (χ1v) is 9.67. The summed E-state index contributed by atoms with van der Waals surface area (Å²) in [6.07, 6.45) is 0.968. The van der Waals surface area contributed by atoms with E-state index in [9.17, 15) is 13.2 Å². The number of nitrogens with zero attached hydrogens (tertiary/aromatic N) is 2. The molecule has 1 aliphatic heterocycles. The highest BCUT2D eigenvalue weighted by Crippen LogP contribution is 2.39. The summed E-state index contributed by atoms with van der Waals surface area (Å²) in [5.74, 6) is 0.833. The first-order chi connectivity index (χ1) is 10.4. The molecule has 2 atom stereocenters. The summed E-state index contributed by atoms with van der Waals surface area (Å²) in [5, 5.41) is 0. The van der Waals surface area contributed by atoms with Gasteiger partial charge in [-0.1, -0.05) is 22.9 Å². The zero-order valence-corrected chi connectivity index (χ0v) is 14.8. The van der Waals surface area contributed by atoms with Crippen molar-refractivity contribution >= 4 is 31.9 Å². The van der Waals surface area contributed by atoms with Crippen LogP contribution in [-0.4, -0.2) is 49.7 Å². The van der Waals surface area contributed by atoms with E-state index >= 15 is 0 Å². The molecule has 2 aliphatic rings. The van der Waals surface area contributed by atoms with E-state index in [0.29, 0.717) is 37.0 Å². The summed E-state index contributed by atoms with van der Waals surface area (Å²) in [6, 6.07) is 6.65. The minimum atomic E-state index is -3.47. The number of benzene rings is 1. The number of carbonyl (C=O) groups is 1. The SMILES string of the molecule is C[C@H]1C[C@H]1C(=O)N1CCN(S(=O)(=O)c2ccc(Br)cc2)CC1. The Morgan fingerprint density at radius 2 is 1.68 bits per heavy atom. The average Bonchev–Trinajstić information content (AvgIpc) is 3.24. The first-order valence-electron chi connectivity index (χ1n) is 7.44. The predicted octanol–water partition coefficient (Wildman–Crippen LogP) is 1.94. The summed E-state index contributed by atoms with van der Waals surface area (Å²) >= 11 is 3.30. The van der Waals surface area contributed by atoms with E-state index in [1.54, 1.807) is 24.3 Å². The number of amides is 1. The number of sulfonamides is 1. The maximum absolute atomic E-state index is 12.6. The largest absolute Gasteiger partial charge is 0.340 e. The molecule has 22 heavy (non-hydrogen) atoms. The lowest BCUT2D eigenvalue weighted by Gasteiger charge is -2.34. The molecule has 1 heterocycles. The molecule has 0 aromatic heterocycles. The molecule has 1 aliphatic carbocycles. The van der Waals surface area contributed by atoms with Gasteiger partial charge in [0.1, 0.15) is 0 Å². The molecule has 0 spiro atoms. The van der Waals surface area contributed by atoms with Gasteiger partial charge in [-0.2, -0.15) is 4.31 Å². The normalized spacial score (nSPS) is 26.0. The fourth-order valence-electron chi connectivity index (χ4n) is 2.81. The number of halogens is 1. The van der Waals surface area contributed by atoms with Crippen LogP contribution in [0.5, 0.6) is 0 Å². The molecule has 120 valence electrons. The fraction of sp³-hybridized carbons (Fsp3) is 0.533. The van der Waals surface area contributed by atoms with Gasteiger partial charge in [0.25, 0.3) is 0 Å². The molecule has 0 radical (unpaired) electrons. The van der Waals surface area contributed by atoms with E-state index in [1.807, 2.05) is 4.90 Å². The standard InChI is InChI=1S/C15H19BrN2O3S/c1-11-10-14(11)15(19)17-6-8-18(9-7-17)22(20,21)13-4-2-12(16)3-5-13/h2-5,11,14H,6-10H2,1H3/t11-,14+/m0/s1. The van der Waals surface area contributed by atoms with Gasteiger partial charge in [0.2, 0.25) is 15.9 Å². The Morgan fingerprint density at radius 3 is 2.18 bits per heavy atom. The van der Waals surface area contributed by atoms with Crippen LogP contribution in [-0.2, 0) is 14.8 Å². The van der Waals surface area contributed by atoms with Gasteiger partial charge >= 0.3 is 0 Å². The van der Waals surface area contributed by atoms with Crippen LogP contribution in [0.1, 0.15) is 13.3 Å². The van der Waals surface area contributed by atoms with E-state index in [1.165, 1.54) is 4.31 Å². The van der Waals surface area contributed by atoms with Gasteiger partial charge in [0.15, 0.2) is 0 Å². The molecular formula is C15H19BrN2O3S. The molecule has 1 saturated heterocycles. The third-order valence-corrected chi connectivity index (χ3v) is 6.87. The van der Waals surface area contributed by atoms with Gasteiger partial charge in [-0.15, -0.1) is 0 Å². The lowest BCUT2D eigenvalue weighted by molar-refractivity contribution is -0.134. The Kier molecular flexibility index (Phi) is 4.31. The summed E-state index contributed by atoms with van der Waals surface area (Å²) in [6.45, 7) is 3.78. The van der Waals surface area contributed by atoms with E-state index < -0.39 is 10.0 Å². The van der Waals surface area contributed by atoms with Crippen molar-refractivity contribution < 1.29 is 13.2 Å². The first kappa shape index (κ1) is 16.0. The van der Waals surface area contributed by atoms with Crippen molar-refractivity contribution in [2.24, 2.45) is 11.8 Å². The minimum absolute atomic E-state index is 0.162. The monoisotopic (exact) mass is 386 g/mol. The smallest absolute Gasteiger partial charge is 0.243 e. The summed E-state index contributed by atoms with van der Waals surface area (Å²) in [4.78, 5) is 14.3. The van der Waals surface area contributed by atoms with E-state index in [4.69, 9.17) is 0 Å². The van der Waals surface area contributed by atoms with Gasteiger partial charge in [-0.05, 0) is 36.6 Å². The number of carbonyl (C=O) groups excluding carboxylic acids is 1. The van der Waals surface area contributed by atoms with Crippen LogP contribution in [0.15, 0.2) is 33.6 Å². The van der Waals surface area contributed by atoms with Crippen molar-refractivity contribution in [3.05, 3.63) is 28.7 Å². The highest BCUT2D eigenvalue weighted by Gasteiger charge is 2.42. The number of hydrogen-bond donors (Lipinski definition) is 0. The van der Waals surface area contributed by atoms with Gasteiger partial charge in [0.05, 0.1) is 4.90 Å². The molecule has 0 bridgehead atoms. The number of hydrogen-bond acceptors (Lipinski definition) is 3. The van der Waals surface area contributed by atoms with Crippen LogP contribution in [0.4, 0.5) is 0 Å². The molecule has 0 N–H and O–H groups in total. The zero-order valence-electron chi connectivity index (χ0n) is 12.4. The highest BCUT2D eigenvalue weighted by molar-refractivity contribution is 9.10. The van der Waals surface area contributed by atoms with Gasteiger partial charge in [-0.3, -0.25) is 4.79 Å². The van der Waals surface area contributed by atoms with Crippen LogP contribution < -0.4 is 0 Å². The molecule has 1 aromatic rings. The van der Waals surface area contributed by atoms with Crippen molar-refractivity contribution in [2.75, 3.05) is 26.2 Å². The van der Waals surface area contributed by atoms with Crippen LogP contribution in [0.2, 0.25) is 0 Å². The molecule has 1 saturated carbocycles. The predicted molar refractivity (Wildman–Crippen MR) is 86.8 cm³/mol. The van der Waals surface area contributed by atoms with Crippen molar-refractivity contribution in [1.82, 2.24) is 9.21 Å². The lowest BCUT2D eigenvalue weighted by Crippen LogP contribution is -2.51. The molecule has 1 amide bonds. The molecule has 7 heteroatoms. The maximum Gasteiger partial charge on any atom is 0.243 e. The van der Waals surface area contributed by atoms with Gasteiger partial charge in [-0.25, -0.2) is 8.42 Å². The fourth-order valence-corrected chi connectivity index (χ4v) is 4.49. The zero-order chi connectivity index (χ0) is 15.9. The van der Waals surface area contributed by atoms with Crippen LogP contribution in [0, 0.1) is 11.8 Å². The van der Waals surface area contributed by atoms with Crippen LogP contribution in [0.3, 0.4) is 0 Å². The van der Waals surface area contributed by atoms with Crippen molar-refractivity contribution in [2.45, 2.75) is 18.2 Å². The Bertz CT molecular complexity index is 667. The molecule has 5 nitrogen and oxygen atoms in total. The molecule has 1 aromatic carbocycles.